The fraction of sp³-hybridized carbons (Fsp3) is 0.250. The van der Waals surface area contributed by atoms with Gasteiger partial charge >= 0.3 is 147 Å². The van der Waals surface area contributed by atoms with Gasteiger partial charge in [-0.3, -0.25) is 0 Å². The zero-order valence-electron chi connectivity index (χ0n) is 13.3. The average Bonchev–Trinajstić information content (AvgIpc) is 2.51. The third-order valence-corrected chi connectivity index (χ3v) is 8.26. The predicted molar refractivity (Wildman–Crippen MR) is 94.4 cm³/mol. The van der Waals surface area contributed by atoms with Crippen LogP contribution in [0.3, 0.4) is 0 Å². The van der Waals surface area contributed by atoms with Crippen molar-refractivity contribution < 1.29 is 19.8 Å². The van der Waals surface area contributed by atoms with E-state index in [2.05, 4.69) is 5.32 Å². The second-order valence-corrected chi connectivity index (χ2v) is 13.8. The van der Waals surface area contributed by atoms with Gasteiger partial charge in [-0.2, -0.15) is 0 Å². The van der Waals surface area contributed by atoms with Crippen LogP contribution >= 0.6 is 0 Å². The summed E-state index contributed by atoms with van der Waals surface area (Å²) in [7, 11) is 0. The number of anilines is 1. The molecule has 8 heteroatoms. The standard InChI is InChI=1S/C16H21As2NO5/c1-17(20,21)14-6-4-13(5-7-14)3-2-12-19-16-10-8-15(9-11-16)18(22,23)24/h4-11,19H,2-3,12H2,1H3,(H,20,21)(H2,22,23,24). The number of benzene rings is 2. The second kappa shape index (κ2) is 7.81. The minimum absolute atomic E-state index is 0.0671. The van der Waals surface area contributed by atoms with Crippen molar-refractivity contribution in [2.75, 3.05) is 11.9 Å². The molecule has 0 aliphatic heterocycles. The van der Waals surface area contributed by atoms with Crippen molar-refractivity contribution in [3.05, 3.63) is 54.1 Å². The van der Waals surface area contributed by atoms with Gasteiger partial charge in [0.2, 0.25) is 0 Å². The maximum atomic E-state index is 11.6. The first kappa shape index (κ1) is 19.2. The number of hydrogen-bond donors (Lipinski definition) is 4. The van der Waals surface area contributed by atoms with Crippen LogP contribution < -0.4 is 14.0 Å². The van der Waals surface area contributed by atoms with Crippen molar-refractivity contribution >= 4 is 42.4 Å². The molecule has 130 valence electrons. The third-order valence-electron chi connectivity index (χ3n) is 3.59. The summed E-state index contributed by atoms with van der Waals surface area (Å²) < 4.78 is 51.1. The molecule has 0 fully saturated rings. The predicted octanol–water partition coefficient (Wildman–Crippen LogP) is -0.00590. The molecule has 0 bridgehead atoms. The normalized spacial score (nSPS) is 14.2. The van der Waals surface area contributed by atoms with Crippen molar-refractivity contribution in [2.45, 2.75) is 18.6 Å². The molecule has 0 aliphatic carbocycles. The fourth-order valence-electron chi connectivity index (χ4n) is 2.24. The van der Waals surface area contributed by atoms with Gasteiger partial charge in [0.25, 0.3) is 0 Å². The van der Waals surface area contributed by atoms with E-state index in [1.54, 1.807) is 24.3 Å². The van der Waals surface area contributed by atoms with Crippen LogP contribution in [0.1, 0.15) is 12.0 Å². The summed E-state index contributed by atoms with van der Waals surface area (Å²) in [6.45, 7) is 0.720. The first-order chi connectivity index (χ1) is 11.2. The molecule has 6 nitrogen and oxygen atoms in total. The van der Waals surface area contributed by atoms with Gasteiger partial charge in [-0.25, -0.2) is 0 Å². The first-order valence-electron chi connectivity index (χ1n) is 7.46. The van der Waals surface area contributed by atoms with E-state index in [4.69, 9.17) is 8.19 Å². The minimum atomic E-state index is -4.80. The zero-order valence-corrected chi connectivity index (χ0v) is 17.0. The number of rotatable bonds is 7. The third kappa shape index (κ3) is 5.73. The molecule has 1 unspecified atom stereocenters. The SMILES string of the molecule is C[As](=O)(O)c1ccc(CCCNc2ccc([As](=O)(O)O)cc2)cc1. The number of hydrogen-bond acceptors (Lipinski definition) is 3. The summed E-state index contributed by atoms with van der Waals surface area (Å²) in [6, 6.07) is 13.4. The molecular weight excluding hydrogens is 436 g/mol. The summed E-state index contributed by atoms with van der Waals surface area (Å²) in [5, 5.41) is 3.20. The molecule has 0 saturated heterocycles. The van der Waals surface area contributed by atoms with E-state index >= 15 is 0 Å². The van der Waals surface area contributed by atoms with Gasteiger partial charge in [0.1, 0.15) is 0 Å². The molecule has 2 rings (SSSR count). The molecule has 1 atom stereocenters. The topological polar surface area (TPSA) is 107 Å². The Morgan fingerprint density at radius 2 is 1.42 bits per heavy atom. The molecule has 0 aromatic heterocycles. The molecule has 4 N–H and O–H groups in total. The molecule has 0 aliphatic rings. The fourth-order valence-corrected chi connectivity index (χ4v) is 4.84. The zero-order chi connectivity index (χ0) is 17.8. The Labute approximate surface area is 146 Å². The van der Waals surface area contributed by atoms with Gasteiger partial charge < -0.3 is 0 Å². The van der Waals surface area contributed by atoms with Crippen LogP contribution in [0.2, 0.25) is 5.71 Å². The molecule has 0 heterocycles. The van der Waals surface area contributed by atoms with Crippen molar-refractivity contribution in [1.82, 2.24) is 0 Å². The van der Waals surface area contributed by atoms with Crippen LogP contribution in [0.15, 0.2) is 48.5 Å². The summed E-state index contributed by atoms with van der Waals surface area (Å²) in [5.74, 6) is 0. The van der Waals surface area contributed by atoms with E-state index in [1.165, 1.54) is 17.8 Å². The summed E-state index contributed by atoms with van der Waals surface area (Å²) >= 11 is -8.61. The van der Waals surface area contributed by atoms with Crippen LogP contribution in [0.4, 0.5) is 5.69 Å². The van der Waals surface area contributed by atoms with Crippen molar-refractivity contribution in [3.63, 3.8) is 0 Å². The summed E-state index contributed by atoms with van der Waals surface area (Å²) in [6.07, 6.45) is 1.71. The maximum absolute atomic E-state index is 11.6. The van der Waals surface area contributed by atoms with Crippen LogP contribution in [0.25, 0.3) is 0 Å². The van der Waals surface area contributed by atoms with Crippen molar-refractivity contribution in [1.29, 1.82) is 0 Å². The van der Waals surface area contributed by atoms with Crippen molar-refractivity contribution in [2.24, 2.45) is 0 Å². The molecule has 2 aromatic rings. The van der Waals surface area contributed by atoms with Crippen LogP contribution in [-0.4, -0.2) is 46.8 Å². The van der Waals surface area contributed by atoms with Crippen molar-refractivity contribution in [3.8, 4) is 0 Å². The van der Waals surface area contributed by atoms with Gasteiger partial charge in [-0.05, 0) is 0 Å². The Bertz CT molecular complexity index is 695. The van der Waals surface area contributed by atoms with Gasteiger partial charge in [-0.1, -0.05) is 0 Å². The second-order valence-electron chi connectivity index (χ2n) is 5.67. The van der Waals surface area contributed by atoms with Gasteiger partial charge in [-0.15, -0.1) is 0 Å². The first-order valence-corrected chi connectivity index (χ1v) is 15.3. The molecule has 0 spiro atoms. The van der Waals surface area contributed by atoms with Crippen LogP contribution in [0.5, 0.6) is 0 Å². The van der Waals surface area contributed by atoms with E-state index in [0.717, 1.165) is 30.6 Å². The number of nitrogens with one attached hydrogen (secondary N) is 1. The molecule has 24 heavy (non-hydrogen) atoms. The Morgan fingerprint density at radius 3 is 1.92 bits per heavy atom. The van der Waals surface area contributed by atoms with E-state index < -0.39 is 28.0 Å². The van der Waals surface area contributed by atoms with Gasteiger partial charge in [0.05, 0.1) is 0 Å². The monoisotopic (exact) mass is 457 g/mol. The van der Waals surface area contributed by atoms with Crippen LogP contribution in [0, 0.1) is 0 Å². The molecular formula is C16H21As2NO5. The summed E-state index contributed by atoms with van der Waals surface area (Å²) in [4.78, 5) is 0. The van der Waals surface area contributed by atoms with E-state index in [9.17, 15) is 11.6 Å². The van der Waals surface area contributed by atoms with E-state index in [0.29, 0.717) is 4.35 Å². The molecule has 2 aromatic carbocycles. The Hall–Kier alpha value is -1.16. The quantitative estimate of drug-likeness (QED) is 0.345. The average molecular weight is 457 g/mol. The van der Waals surface area contributed by atoms with E-state index in [1.807, 2.05) is 12.1 Å². The summed E-state index contributed by atoms with van der Waals surface area (Å²) in [5.41, 5.74) is 3.30. The Balaban J connectivity index is 1.81. The molecule has 0 radical (unpaired) electrons. The Kier molecular flexibility index (Phi) is 6.24. The molecule has 0 saturated carbocycles. The Morgan fingerprint density at radius 1 is 0.875 bits per heavy atom. The van der Waals surface area contributed by atoms with Gasteiger partial charge in [0, 0.05) is 0 Å². The number of aryl methyl sites for hydroxylation is 1. The molecule has 0 amide bonds. The van der Waals surface area contributed by atoms with Crippen LogP contribution in [-0.2, 0) is 13.9 Å². The van der Waals surface area contributed by atoms with E-state index in [-0.39, 0.29) is 4.35 Å². The van der Waals surface area contributed by atoms with Gasteiger partial charge in [0.15, 0.2) is 0 Å².